The smallest absolute Gasteiger partial charge is 0.191 e. The second-order valence-electron chi connectivity index (χ2n) is 5.37. The minimum absolute atomic E-state index is 0.366. The summed E-state index contributed by atoms with van der Waals surface area (Å²) in [6.07, 6.45) is 6.05. The maximum absolute atomic E-state index is 5.87. The third-order valence-electron chi connectivity index (χ3n) is 3.80. The molecule has 6 heteroatoms. The second kappa shape index (κ2) is 6.18. The molecular weight excluding hydrogens is 272 g/mol. The van der Waals surface area contributed by atoms with Crippen LogP contribution in [-0.2, 0) is 4.74 Å². The van der Waals surface area contributed by atoms with Gasteiger partial charge in [0.25, 0.3) is 0 Å². The molecule has 0 amide bonds. The van der Waals surface area contributed by atoms with Gasteiger partial charge in [-0.05, 0) is 38.4 Å². The monoisotopic (exact) mass is 294 g/mol. The summed E-state index contributed by atoms with van der Waals surface area (Å²) in [7, 11) is 0. The Balaban J connectivity index is 1.73. The van der Waals surface area contributed by atoms with Gasteiger partial charge >= 0.3 is 0 Å². The normalized spacial score (nSPS) is 25.7. The van der Waals surface area contributed by atoms with E-state index in [-0.39, 0.29) is 0 Å². The zero-order valence-electron chi connectivity index (χ0n) is 12.1. The average Bonchev–Trinajstić information content (AvgIpc) is 3.19. The van der Waals surface area contributed by atoms with Crippen molar-refractivity contribution >= 4 is 23.4 Å². The van der Waals surface area contributed by atoms with Crippen LogP contribution < -0.4 is 10.6 Å². The van der Waals surface area contributed by atoms with E-state index in [0.29, 0.717) is 12.1 Å². The number of rotatable bonds is 6. The van der Waals surface area contributed by atoms with E-state index in [0.717, 1.165) is 42.3 Å². The van der Waals surface area contributed by atoms with Gasteiger partial charge in [0, 0.05) is 19.2 Å². The molecule has 2 atom stereocenters. The Labute approximate surface area is 124 Å². The first-order valence-corrected chi connectivity index (χ1v) is 8.57. The van der Waals surface area contributed by atoms with Crippen molar-refractivity contribution < 1.29 is 4.74 Å². The SMILES string of the molecule is CCNc1cc(NC2CCOC2C2CC2)nc(SC)n1. The summed E-state index contributed by atoms with van der Waals surface area (Å²) >= 11 is 1.57. The highest BCUT2D eigenvalue weighted by molar-refractivity contribution is 7.98. The van der Waals surface area contributed by atoms with Gasteiger partial charge in [-0.3, -0.25) is 0 Å². The molecule has 0 radical (unpaired) electrons. The summed E-state index contributed by atoms with van der Waals surface area (Å²) in [5, 5.41) is 7.61. The Kier molecular flexibility index (Phi) is 4.31. The molecule has 2 heterocycles. The van der Waals surface area contributed by atoms with E-state index < -0.39 is 0 Å². The Bertz CT molecular complexity index is 466. The molecule has 0 aromatic carbocycles. The van der Waals surface area contributed by atoms with E-state index in [1.165, 1.54) is 12.8 Å². The van der Waals surface area contributed by atoms with Crippen LogP contribution >= 0.6 is 11.8 Å². The fourth-order valence-corrected chi connectivity index (χ4v) is 3.09. The summed E-state index contributed by atoms with van der Waals surface area (Å²) < 4.78 is 5.87. The number of hydrogen-bond donors (Lipinski definition) is 2. The Morgan fingerprint density at radius 2 is 2.10 bits per heavy atom. The molecule has 3 rings (SSSR count). The van der Waals surface area contributed by atoms with E-state index in [2.05, 4.69) is 27.5 Å². The molecule has 0 bridgehead atoms. The van der Waals surface area contributed by atoms with Crippen LogP contribution in [0.15, 0.2) is 11.2 Å². The number of ether oxygens (including phenoxy) is 1. The largest absolute Gasteiger partial charge is 0.376 e. The molecule has 1 aliphatic carbocycles. The number of hydrogen-bond acceptors (Lipinski definition) is 6. The van der Waals surface area contributed by atoms with E-state index in [4.69, 9.17) is 4.74 Å². The van der Waals surface area contributed by atoms with Crippen molar-refractivity contribution in [3.63, 3.8) is 0 Å². The van der Waals surface area contributed by atoms with Gasteiger partial charge in [-0.15, -0.1) is 0 Å². The summed E-state index contributed by atoms with van der Waals surface area (Å²) in [5.41, 5.74) is 0. The first-order valence-electron chi connectivity index (χ1n) is 7.35. The summed E-state index contributed by atoms with van der Waals surface area (Å²) in [5.74, 6) is 2.54. The third kappa shape index (κ3) is 3.17. The van der Waals surface area contributed by atoms with E-state index >= 15 is 0 Å². The lowest BCUT2D eigenvalue weighted by molar-refractivity contribution is 0.0898. The minimum atomic E-state index is 0.366. The van der Waals surface area contributed by atoms with Crippen LogP contribution in [0.4, 0.5) is 11.6 Å². The number of nitrogens with zero attached hydrogens (tertiary/aromatic N) is 2. The van der Waals surface area contributed by atoms with Gasteiger partial charge in [-0.25, -0.2) is 9.97 Å². The molecule has 20 heavy (non-hydrogen) atoms. The van der Waals surface area contributed by atoms with E-state index in [1.54, 1.807) is 11.8 Å². The minimum Gasteiger partial charge on any atom is -0.376 e. The predicted octanol–water partition coefficient (Wildman–Crippen LogP) is 2.61. The number of thioether (sulfide) groups is 1. The van der Waals surface area contributed by atoms with Gasteiger partial charge in [0.2, 0.25) is 0 Å². The Morgan fingerprint density at radius 3 is 2.80 bits per heavy atom. The first-order chi connectivity index (χ1) is 9.80. The van der Waals surface area contributed by atoms with Gasteiger partial charge in [0.1, 0.15) is 11.6 Å². The van der Waals surface area contributed by atoms with Gasteiger partial charge < -0.3 is 15.4 Å². The standard InChI is InChI=1S/C14H22N4OS/c1-3-15-11-8-12(18-14(17-11)20-2)16-10-6-7-19-13(10)9-4-5-9/h8-10,13H,3-7H2,1-2H3,(H2,15,16,17,18). The molecular formula is C14H22N4OS. The van der Waals surface area contributed by atoms with Crippen LogP contribution in [0.25, 0.3) is 0 Å². The number of aromatic nitrogens is 2. The third-order valence-corrected chi connectivity index (χ3v) is 4.35. The fourth-order valence-electron chi connectivity index (χ4n) is 2.71. The van der Waals surface area contributed by atoms with Crippen LogP contribution in [0.2, 0.25) is 0 Å². The molecule has 1 aromatic heterocycles. The van der Waals surface area contributed by atoms with Gasteiger partial charge in [0.15, 0.2) is 5.16 Å². The van der Waals surface area contributed by atoms with Gasteiger partial charge in [0.05, 0.1) is 12.1 Å². The van der Waals surface area contributed by atoms with Crippen molar-refractivity contribution in [1.82, 2.24) is 9.97 Å². The van der Waals surface area contributed by atoms with Crippen LogP contribution in [0.3, 0.4) is 0 Å². The van der Waals surface area contributed by atoms with Crippen LogP contribution in [0.1, 0.15) is 26.2 Å². The van der Waals surface area contributed by atoms with Crippen molar-refractivity contribution in [2.75, 3.05) is 30.0 Å². The van der Waals surface area contributed by atoms with Crippen LogP contribution in [0.5, 0.6) is 0 Å². The van der Waals surface area contributed by atoms with Crippen molar-refractivity contribution in [1.29, 1.82) is 0 Å². The van der Waals surface area contributed by atoms with Crippen molar-refractivity contribution in [3.8, 4) is 0 Å². The molecule has 2 unspecified atom stereocenters. The van der Waals surface area contributed by atoms with Crippen LogP contribution in [0, 0.1) is 5.92 Å². The van der Waals surface area contributed by atoms with Gasteiger partial charge in [-0.1, -0.05) is 11.8 Å². The molecule has 5 nitrogen and oxygen atoms in total. The predicted molar refractivity (Wildman–Crippen MR) is 82.5 cm³/mol. The molecule has 110 valence electrons. The average molecular weight is 294 g/mol. The quantitative estimate of drug-likeness (QED) is 0.621. The number of anilines is 2. The van der Waals surface area contributed by atoms with Crippen molar-refractivity contribution in [2.45, 2.75) is 43.5 Å². The summed E-state index contributed by atoms with van der Waals surface area (Å²) in [4.78, 5) is 9.01. The fraction of sp³-hybridized carbons (Fsp3) is 0.714. The number of nitrogens with one attached hydrogen (secondary N) is 2. The molecule has 2 aliphatic rings. The molecule has 1 saturated carbocycles. The lowest BCUT2D eigenvalue weighted by atomic mass is 10.1. The first kappa shape index (κ1) is 13.9. The molecule has 1 aliphatic heterocycles. The zero-order valence-corrected chi connectivity index (χ0v) is 12.9. The topological polar surface area (TPSA) is 59.1 Å². The lowest BCUT2D eigenvalue weighted by Crippen LogP contribution is -2.31. The molecule has 2 fully saturated rings. The summed E-state index contributed by atoms with van der Waals surface area (Å²) in [6, 6.07) is 2.38. The van der Waals surface area contributed by atoms with E-state index in [9.17, 15) is 0 Å². The lowest BCUT2D eigenvalue weighted by Gasteiger charge is -2.20. The Hall–Kier alpha value is -1.01. The molecule has 1 saturated heterocycles. The van der Waals surface area contributed by atoms with E-state index in [1.807, 2.05) is 12.3 Å². The Morgan fingerprint density at radius 1 is 1.30 bits per heavy atom. The molecule has 0 spiro atoms. The second-order valence-corrected chi connectivity index (χ2v) is 6.14. The zero-order chi connectivity index (χ0) is 13.9. The van der Waals surface area contributed by atoms with Crippen molar-refractivity contribution in [3.05, 3.63) is 6.07 Å². The van der Waals surface area contributed by atoms with Crippen LogP contribution in [-0.4, -0.2) is 41.5 Å². The van der Waals surface area contributed by atoms with Gasteiger partial charge in [-0.2, -0.15) is 0 Å². The maximum atomic E-state index is 5.87. The highest BCUT2D eigenvalue weighted by Gasteiger charge is 2.40. The maximum Gasteiger partial charge on any atom is 0.191 e. The molecule has 2 N–H and O–H groups in total. The highest BCUT2D eigenvalue weighted by atomic mass is 32.2. The van der Waals surface area contributed by atoms with Crippen molar-refractivity contribution in [2.24, 2.45) is 5.92 Å². The highest BCUT2D eigenvalue weighted by Crippen LogP contribution is 2.39. The summed E-state index contributed by atoms with van der Waals surface area (Å²) in [6.45, 7) is 3.79. The molecule has 1 aromatic rings.